The summed E-state index contributed by atoms with van der Waals surface area (Å²) in [4.78, 5) is 4.39. The number of hydrogen-bond donors (Lipinski definition) is 3. The number of anilines is 3. The molecule has 1 heterocycles. The molecule has 0 unspecified atom stereocenters. The van der Waals surface area contributed by atoms with Gasteiger partial charge in [0.1, 0.15) is 5.15 Å². The molecule has 0 saturated carbocycles. The summed E-state index contributed by atoms with van der Waals surface area (Å²) in [5.74, 6) is 0.623. The van der Waals surface area contributed by atoms with Crippen molar-refractivity contribution in [1.82, 2.24) is 4.98 Å². The first-order valence-corrected chi connectivity index (χ1v) is 8.96. The number of nitrogens with two attached hydrogens (primary N) is 1. The Bertz CT molecular complexity index is 706. The molecule has 0 spiro atoms. The van der Waals surface area contributed by atoms with Crippen LogP contribution in [-0.4, -0.2) is 10.5 Å². The van der Waals surface area contributed by atoms with Crippen molar-refractivity contribution in [3.8, 4) is 0 Å². The molecule has 4 N–H and O–H groups in total. The number of halogens is 1. The Morgan fingerprint density at radius 3 is 2.32 bits per heavy atom. The SMILES string of the molecule is CC(C)(C)CC(C)(C)Nc1nc(Cl)cc(NCc2ccccc2)c1N. The molecule has 0 bridgehead atoms. The predicted octanol–water partition coefficient (Wildman–Crippen LogP) is 5.56. The third kappa shape index (κ3) is 6.13. The van der Waals surface area contributed by atoms with Crippen LogP contribution in [0, 0.1) is 5.41 Å². The second-order valence-corrected chi connectivity index (χ2v) is 8.73. The van der Waals surface area contributed by atoms with E-state index in [-0.39, 0.29) is 11.0 Å². The van der Waals surface area contributed by atoms with Crippen LogP contribution in [0.2, 0.25) is 5.15 Å². The lowest BCUT2D eigenvalue weighted by Crippen LogP contribution is -2.36. The molecular weight excluding hydrogens is 332 g/mol. The van der Waals surface area contributed by atoms with Crippen molar-refractivity contribution in [2.45, 2.75) is 53.1 Å². The number of aromatic nitrogens is 1. The molecule has 4 nitrogen and oxygen atoms in total. The van der Waals surface area contributed by atoms with Crippen molar-refractivity contribution in [2.24, 2.45) is 5.41 Å². The van der Waals surface area contributed by atoms with E-state index in [1.54, 1.807) is 6.07 Å². The molecule has 0 radical (unpaired) electrons. The summed E-state index contributed by atoms with van der Waals surface area (Å²) >= 11 is 6.22. The van der Waals surface area contributed by atoms with Crippen LogP contribution in [0.3, 0.4) is 0 Å². The van der Waals surface area contributed by atoms with Gasteiger partial charge in [0.05, 0.1) is 11.4 Å². The zero-order valence-electron chi connectivity index (χ0n) is 15.8. The minimum Gasteiger partial charge on any atom is -0.394 e. The van der Waals surface area contributed by atoms with Crippen LogP contribution in [0.1, 0.15) is 46.6 Å². The topological polar surface area (TPSA) is 63.0 Å². The summed E-state index contributed by atoms with van der Waals surface area (Å²) in [5.41, 5.74) is 8.94. The van der Waals surface area contributed by atoms with Crippen LogP contribution in [0.4, 0.5) is 17.2 Å². The number of pyridine rings is 1. The lowest BCUT2D eigenvalue weighted by molar-refractivity contribution is 0.302. The average molecular weight is 361 g/mol. The van der Waals surface area contributed by atoms with Gasteiger partial charge in [-0.2, -0.15) is 0 Å². The number of nitrogen functional groups attached to an aromatic ring is 1. The molecule has 0 saturated heterocycles. The predicted molar refractivity (Wildman–Crippen MR) is 109 cm³/mol. The normalized spacial score (nSPS) is 12.1. The monoisotopic (exact) mass is 360 g/mol. The van der Waals surface area contributed by atoms with Crippen LogP contribution in [0.15, 0.2) is 36.4 Å². The van der Waals surface area contributed by atoms with E-state index in [0.717, 1.165) is 12.1 Å². The molecular formula is C20H29ClN4. The van der Waals surface area contributed by atoms with Crippen LogP contribution in [0.25, 0.3) is 0 Å². The lowest BCUT2D eigenvalue weighted by Gasteiger charge is -2.34. The van der Waals surface area contributed by atoms with Gasteiger partial charge >= 0.3 is 0 Å². The highest BCUT2D eigenvalue weighted by atomic mass is 35.5. The highest BCUT2D eigenvalue weighted by Gasteiger charge is 2.26. The van der Waals surface area contributed by atoms with Crippen LogP contribution in [-0.2, 0) is 6.54 Å². The number of nitrogens with zero attached hydrogens (tertiary/aromatic N) is 1. The molecule has 0 aliphatic heterocycles. The van der Waals surface area contributed by atoms with Gasteiger partial charge in [-0.05, 0) is 31.2 Å². The van der Waals surface area contributed by atoms with Crippen molar-refractivity contribution in [3.05, 3.63) is 47.1 Å². The van der Waals surface area contributed by atoms with Gasteiger partial charge in [-0.25, -0.2) is 4.98 Å². The standard InChI is InChI=1S/C20H29ClN4/c1-19(2,3)13-20(4,5)25-18-17(22)15(11-16(21)24-18)23-12-14-9-7-6-8-10-14/h6-11H,12-13,22H2,1-5H3,(H2,23,24,25). The molecule has 0 aliphatic carbocycles. The highest BCUT2D eigenvalue weighted by Crippen LogP contribution is 2.34. The van der Waals surface area contributed by atoms with Gasteiger partial charge in [-0.1, -0.05) is 62.7 Å². The molecule has 1 aromatic heterocycles. The Morgan fingerprint density at radius 1 is 1.08 bits per heavy atom. The maximum Gasteiger partial charge on any atom is 0.153 e. The van der Waals surface area contributed by atoms with Gasteiger partial charge in [0.15, 0.2) is 5.82 Å². The molecule has 2 rings (SSSR count). The summed E-state index contributed by atoms with van der Waals surface area (Å²) < 4.78 is 0. The summed E-state index contributed by atoms with van der Waals surface area (Å²) in [6.07, 6.45) is 0.973. The van der Waals surface area contributed by atoms with Gasteiger partial charge in [-0.15, -0.1) is 0 Å². The Kier molecular flexibility index (Phi) is 5.83. The third-order valence-corrected chi connectivity index (χ3v) is 3.98. The van der Waals surface area contributed by atoms with E-state index < -0.39 is 0 Å². The quantitative estimate of drug-likeness (QED) is 0.590. The largest absolute Gasteiger partial charge is 0.394 e. The van der Waals surface area contributed by atoms with E-state index >= 15 is 0 Å². The zero-order valence-corrected chi connectivity index (χ0v) is 16.5. The first-order valence-electron chi connectivity index (χ1n) is 8.58. The molecule has 25 heavy (non-hydrogen) atoms. The van der Waals surface area contributed by atoms with Gasteiger partial charge in [0, 0.05) is 18.2 Å². The Labute approximate surface area is 156 Å². The van der Waals surface area contributed by atoms with E-state index in [1.165, 1.54) is 5.56 Å². The Hall–Kier alpha value is -1.94. The van der Waals surface area contributed by atoms with E-state index in [4.69, 9.17) is 17.3 Å². The smallest absolute Gasteiger partial charge is 0.153 e. The highest BCUT2D eigenvalue weighted by molar-refractivity contribution is 6.30. The van der Waals surface area contributed by atoms with Gasteiger partial charge in [-0.3, -0.25) is 0 Å². The fourth-order valence-corrected chi connectivity index (χ4v) is 3.44. The number of benzene rings is 1. The maximum atomic E-state index is 6.34. The van der Waals surface area contributed by atoms with Gasteiger partial charge in [0.2, 0.25) is 0 Å². The van der Waals surface area contributed by atoms with Crippen molar-refractivity contribution >= 4 is 28.8 Å². The van der Waals surface area contributed by atoms with Gasteiger partial charge < -0.3 is 16.4 Å². The lowest BCUT2D eigenvalue weighted by atomic mass is 9.82. The van der Waals surface area contributed by atoms with Crippen molar-refractivity contribution < 1.29 is 0 Å². The van der Waals surface area contributed by atoms with E-state index in [0.29, 0.717) is 23.2 Å². The zero-order chi connectivity index (χ0) is 18.7. The molecule has 0 fully saturated rings. The molecule has 0 atom stereocenters. The van der Waals surface area contributed by atoms with Crippen LogP contribution >= 0.6 is 11.6 Å². The van der Waals surface area contributed by atoms with E-state index in [9.17, 15) is 0 Å². The van der Waals surface area contributed by atoms with Crippen molar-refractivity contribution in [3.63, 3.8) is 0 Å². The Morgan fingerprint density at radius 2 is 1.72 bits per heavy atom. The first-order chi connectivity index (χ1) is 11.6. The fraction of sp³-hybridized carbons (Fsp3) is 0.450. The number of hydrogen-bond acceptors (Lipinski definition) is 4. The molecule has 136 valence electrons. The van der Waals surface area contributed by atoms with Crippen LogP contribution in [0.5, 0.6) is 0 Å². The summed E-state index contributed by atoms with van der Waals surface area (Å²) in [7, 11) is 0. The first kappa shape index (κ1) is 19.4. The molecule has 5 heteroatoms. The molecule has 2 aromatic rings. The van der Waals surface area contributed by atoms with Crippen molar-refractivity contribution in [1.29, 1.82) is 0 Å². The number of nitrogens with one attached hydrogen (secondary N) is 2. The van der Waals surface area contributed by atoms with Gasteiger partial charge in [0.25, 0.3) is 0 Å². The summed E-state index contributed by atoms with van der Waals surface area (Å²) in [5, 5.41) is 7.23. The molecule has 1 aromatic carbocycles. The van der Waals surface area contributed by atoms with E-state index in [1.807, 2.05) is 18.2 Å². The average Bonchev–Trinajstić information content (AvgIpc) is 2.47. The summed E-state index contributed by atoms with van der Waals surface area (Å²) in [6.45, 7) is 11.6. The number of rotatable bonds is 6. The second-order valence-electron chi connectivity index (χ2n) is 8.34. The minimum absolute atomic E-state index is 0.152. The molecule has 0 amide bonds. The van der Waals surface area contributed by atoms with E-state index in [2.05, 4.69) is 62.4 Å². The fourth-order valence-electron chi connectivity index (χ4n) is 3.25. The minimum atomic E-state index is -0.152. The molecule has 0 aliphatic rings. The van der Waals surface area contributed by atoms with Crippen LogP contribution < -0.4 is 16.4 Å². The maximum absolute atomic E-state index is 6.34. The second kappa shape index (κ2) is 7.52. The van der Waals surface area contributed by atoms with Crippen molar-refractivity contribution in [2.75, 3.05) is 16.4 Å². The Balaban J connectivity index is 2.18. The third-order valence-electron chi connectivity index (χ3n) is 3.78. The summed E-state index contributed by atoms with van der Waals surface area (Å²) in [6, 6.07) is 11.9.